The Kier molecular flexibility index (Phi) is 6.37. The number of amides is 1. The number of alkyl halides is 3. The predicted octanol–water partition coefficient (Wildman–Crippen LogP) is 2.93. The zero-order valence-electron chi connectivity index (χ0n) is 16.2. The van der Waals surface area contributed by atoms with Crippen molar-refractivity contribution in [1.29, 1.82) is 0 Å². The Morgan fingerprint density at radius 1 is 1.03 bits per heavy atom. The molecule has 30 heavy (non-hydrogen) atoms. The van der Waals surface area contributed by atoms with Crippen LogP contribution in [0.15, 0.2) is 53.4 Å². The largest absolute Gasteiger partial charge is 0.484 e. The molecule has 0 aromatic heterocycles. The summed E-state index contributed by atoms with van der Waals surface area (Å²) < 4.78 is 70.0. The first-order chi connectivity index (χ1) is 14.1. The molecule has 1 amide bonds. The van der Waals surface area contributed by atoms with Crippen molar-refractivity contribution in [1.82, 2.24) is 9.21 Å². The van der Waals surface area contributed by atoms with Crippen molar-refractivity contribution >= 4 is 15.9 Å². The number of ether oxygens (including phenoxy) is 1. The Morgan fingerprint density at radius 3 is 2.23 bits per heavy atom. The fourth-order valence-electron chi connectivity index (χ4n) is 3.08. The third kappa shape index (κ3) is 5.11. The average Bonchev–Trinajstić information content (AvgIpc) is 2.71. The highest BCUT2D eigenvalue weighted by atomic mass is 32.2. The van der Waals surface area contributed by atoms with E-state index in [4.69, 9.17) is 4.74 Å². The van der Waals surface area contributed by atoms with Gasteiger partial charge >= 0.3 is 6.18 Å². The van der Waals surface area contributed by atoms with Crippen LogP contribution in [0.2, 0.25) is 0 Å². The molecule has 0 bridgehead atoms. The zero-order chi connectivity index (χ0) is 21.9. The molecule has 1 aliphatic rings. The van der Waals surface area contributed by atoms with Gasteiger partial charge in [-0.2, -0.15) is 17.5 Å². The first-order valence-corrected chi connectivity index (χ1v) is 10.7. The highest BCUT2D eigenvalue weighted by Crippen LogP contribution is 2.30. The summed E-state index contributed by atoms with van der Waals surface area (Å²) in [5, 5.41) is 0. The summed E-state index contributed by atoms with van der Waals surface area (Å²) in [5.74, 6) is 0.315. The molecule has 0 atom stereocenters. The molecule has 2 aromatic rings. The summed E-state index contributed by atoms with van der Waals surface area (Å²) in [6.07, 6.45) is -4.53. The Balaban J connectivity index is 1.57. The number of rotatable bonds is 5. The maximum Gasteiger partial charge on any atom is 0.416 e. The number of piperazine rings is 1. The van der Waals surface area contributed by atoms with Gasteiger partial charge in [0.1, 0.15) is 5.75 Å². The highest BCUT2D eigenvalue weighted by molar-refractivity contribution is 7.89. The van der Waals surface area contributed by atoms with Gasteiger partial charge in [-0.05, 0) is 48.9 Å². The van der Waals surface area contributed by atoms with E-state index in [0.717, 1.165) is 29.8 Å². The molecule has 6 nitrogen and oxygen atoms in total. The summed E-state index contributed by atoms with van der Waals surface area (Å²) in [7, 11) is -3.94. The fraction of sp³-hybridized carbons (Fsp3) is 0.350. The lowest BCUT2D eigenvalue weighted by Gasteiger charge is -2.34. The van der Waals surface area contributed by atoms with Gasteiger partial charge in [-0.15, -0.1) is 0 Å². The minimum absolute atomic E-state index is 0.0551. The van der Waals surface area contributed by atoms with Crippen LogP contribution in [0.4, 0.5) is 13.2 Å². The van der Waals surface area contributed by atoms with Crippen LogP contribution in [0.5, 0.6) is 5.75 Å². The number of sulfonamides is 1. The first kappa shape index (κ1) is 22.1. The van der Waals surface area contributed by atoms with Crippen molar-refractivity contribution in [3.63, 3.8) is 0 Å². The second kappa shape index (κ2) is 8.65. The van der Waals surface area contributed by atoms with E-state index in [-0.39, 0.29) is 43.6 Å². The zero-order valence-corrected chi connectivity index (χ0v) is 17.0. The number of carbonyl (C=O) groups excluding carboxylic acids is 1. The Labute approximate surface area is 172 Å². The number of benzene rings is 2. The molecule has 10 heteroatoms. The van der Waals surface area contributed by atoms with Crippen molar-refractivity contribution in [3.8, 4) is 5.75 Å². The molecule has 1 saturated heterocycles. The van der Waals surface area contributed by atoms with Crippen LogP contribution in [0.3, 0.4) is 0 Å². The molecule has 0 saturated carbocycles. The Hall–Kier alpha value is -2.59. The SMILES string of the molecule is Cc1cccc(OCC(=O)N2CCN(S(=O)(=O)c3ccc(C(F)(F)F)cc3)CC2)c1. The third-order valence-corrected chi connectivity index (χ3v) is 6.68. The minimum Gasteiger partial charge on any atom is -0.484 e. The van der Waals surface area contributed by atoms with Gasteiger partial charge < -0.3 is 9.64 Å². The van der Waals surface area contributed by atoms with Gasteiger partial charge in [0.25, 0.3) is 5.91 Å². The monoisotopic (exact) mass is 442 g/mol. The number of hydrogen-bond donors (Lipinski definition) is 0. The van der Waals surface area contributed by atoms with Gasteiger partial charge in [-0.1, -0.05) is 12.1 Å². The normalized spacial score (nSPS) is 15.8. The molecule has 3 rings (SSSR count). The van der Waals surface area contributed by atoms with Crippen LogP contribution in [-0.4, -0.2) is 56.3 Å². The van der Waals surface area contributed by atoms with E-state index in [1.54, 1.807) is 6.07 Å². The highest BCUT2D eigenvalue weighted by Gasteiger charge is 2.33. The molecule has 162 valence electrons. The number of hydrogen-bond acceptors (Lipinski definition) is 4. The standard InChI is InChI=1S/C20H21F3N2O4S/c1-15-3-2-4-17(13-15)29-14-19(26)24-9-11-25(12-10-24)30(27,28)18-7-5-16(6-8-18)20(21,22)23/h2-8,13H,9-12,14H2,1H3. The van der Waals surface area contributed by atoms with Crippen LogP contribution in [0.25, 0.3) is 0 Å². The second-order valence-corrected chi connectivity index (χ2v) is 8.85. The quantitative estimate of drug-likeness (QED) is 0.714. The van der Waals surface area contributed by atoms with E-state index in [1.165, 1.54) is 9.21 Å². The molecule has 0 radical (unpaired) electrons. The lowest BCUT2D eigenvalue weighted by atomic mass is 10.2. The van der Waals surface area contributed by atoms with Gasteiger partial charge in [0.15, 0.2) is 6.61 Å². The number of halogens is 3. The van der Waals surface area contributed by atoms with Crippen molar-refractivity contribution in [2.45, 2.75) is 18.0 Å². The van der Waals surface area contributed by atoms with E-state index in [2.05, 4.69) is 0 Å². The van der Waals surface area contributed by atoms with Crippen molar-refractivity contribution in [2.24, 2.45) is 0 Å². The summed E-state index contributed by atoms with van der Waals surface area (Å²) >= 11 is 0. The topological polar surface area (TPSA) is 66.9 Å². The Morgan fingerprint density at radius 2 is 1.67 bits per heavy atom. The van der Waals surface area contributed by atoms with Crippen LogP contribution in [-0.2, 0) is 21.0 Å². The maximum atomic E-state index is 12.7. The van der Waals surface area contributed by atoms with Crippen molar-refractivity contribution in [3.05, 3.63) is 59.7 Å². The van der Waals surface area contributed by atoms with E-state index in [1.807, 2.05) is 25.1 Å². The fourth-order valence-corrected chi connectivity index (χ4v) is 4.51. The average molecular weight is 442 g/mol. The van der Waals surface area contributed by atoms with E-state index in [0.29, 0.717) is 5.75 Å². The first-order valence-electron chi connectivity index (χ1n) is 9.22. The minimum atomic E-state index is -4.53. The van der Waals surface area contributed by atoms with Gasteiger partial charge in [0.05, 0.1) is 10.5 Å². The number of aryl methyl sites for hydroxylation is 1. The van der Waals surface area contributed by atoms with Crippen LogP contribution in [0, 0.1) is 6.92 Å². The van der Waals surface area contributed by atoms with Crippen molar-refractivity contribution < 1.29 is 31.1 Å². The maximum absolute atomic E-state index is 12.7. The molecular weight excluding hydrogens is 421 g/mol. The molecule has 0 aliphatic carbocycles. The van der Waals surface area contributed by atoms with Gasteiger partial charge in [-0.25, -0.2) is 8.42 Å². The van der Waals surface area contributed by atoms with Gasteiger partial charge in [0.2, 0.25) is 10.0 Å². The molecular formula is C20H21F3N2O4S. The van der Waals surface area contributed by atoms with E-state index in [9.17, 15) is 26.4 Å². The lowest BCUT2D eigenvalue weighted by Crippen LogP contribution is -2.51. The van der Waals surface area contributed by atoms with Gasteiger partial charge in [0, 0.05) is 26.2 Å². The smallest absolute Gasteiger partial charge is 0.416 e. The summed E-state index contributed by atoms with van der Waals surface area (Å²) in [6, 6.07) is 10.7. The molecule has 0 unspecified atom stereocenters. The van der Waals surface area contributed by atoms with Gasteiger partial charge in [-0.3, -0.25) is 4.79 Å². The molecule has 0 N–H and O–H groups in total. The molecule has 0 spiro atoms. The number of carbonyl (C=O) groups is 1. The molecule has 1 fully saturated rings. The molecule has 1 aliphatic heterocycles. The number of nitrogens with zero attached hydrogens (tertiary/aromatic N) is 2. The summed E-state index contributed by atoms with van der Waals surface area (Å²) in [6.45, 7) is 2.21. The van der Waals surface area contributed by atoms with Crippen molar-refractivity contribution in [2.75, 3.05) is 32.8 Å². The lowest BCUT2D eigenvalue weighted by molar-refractivity contribution is -0.137. The molecule has 1 heterocycles. The third-order valence-electron chi connectivity index (χ3n) is 4.76. The molecule has 2 aromatic carbocycles. The second-order valence-electron chi connectivity index (χ2n) is 6.91. The Bertz CT molecular complexity index is 999. The summed E-state index contributed by atoms with van der Waals surface area (Å²) in [4.78, 5) is 13.6. The van der Waals surface area contributed by atoms with Crippen LogP contribution < -0.4 is 4.74 Å². The van der Waals surface area contributed by atoms with Crippen LogP contribution in [0.1, 0.15) is 11.1 Å². The van der Waals surface area contributed by atoms with E-state index < -0.39 is 21.8 Å². The van der Waals surface area contributed by atoms with Crippen LogP contribution >= 0.6 is 0 Å². The van der Waals surface area contributed by atoms with E-state index >= 15 is 0 Å². The predicted molar refractivity (Wildman–Crippen MR) is 103 cm³/mol. The summed E-state index contributed by atoms with van der Waals surface area (Å²) in [5.41, 5.74) is 0.0903.